The molecule has 33 heavy (non-hydrogen) atoms. The van der Waals surface area contributed by atoms with Gasteiger partial charge in [0.25, 0.3) is 0 Å². The lowest BCUT2D eigenvalue weighted by atomic mass is 10.1. The van der Waals surface area contributed by atoms with Gasteiger partial charge in [0.15, 0.2) is 0 Å². The van der Waals surface area contributed by atoms with Gasteiger partial charge in [0.2, 0.25) is 5.95 Å². The van der Waals surface area contributed by atoms with Crippen LogP contribution in [0.15, 0.2) is 42.6 Å². The van der Waals surface area contributed by atoms with Gasteiger partial charge >= 0.3 is 0 Å². The molecular weight excluding hydrogens is 462 g/mol. The molecule has 0 spiro atoms. The van der Waals surface area contributed by atoms with Crippen molar-refractivity contribution in [3.63, 3.8) is 0 Å². The predicted octanol–water partition coefficient (Wildman–Crippen LogP) is 5.30. The molecule has 0 amide bonds. The summed E-state index contributed by atoms with van der Waals surface area (Å²) in [6.07, 6.45) is 2.88. The van der Waals surface area contributed by atoms with E-state index >= 15 is 0 Å². The summed E-state index contributed by atoms with van der Waals surface area (Å²) < 4.78 is 13.8. The summed E-state index contributed by atoms with van der Waals surface area (Å²) in [4.78, 5) is 20.9. The summed E-state index contributed by atoms with van der Waals surface area (Å²) in [5, 5.41) is 0.741. The number of halogens is 3. The van der Waals surface area contributed by atoms with Crippen LogP contribution in [0.5, 0.6) is 0 Å². The zero-order valence-electron chi connectivity index (χ0n) is 18.5. The number of rotatable bonds is 4. The van der Waals surface area contributed by atoms with Crippen LogP contribution >= 0.6 is 23.2 Å². The number of hydrogen-bond donors (Lipinski definition) is 0. The Morgan fingerprint density at radius 3 is 2.45 bits per heavy atom. The number of anilines is 3. The van der Waals surface area contributed by atoms with E-state index in [-0.39, 0.29) is 11.1 Å². The quantitative estimate of drug-likeness (QED) is 0.498. The third-order valence-corrected chi connectivity index (χ3v) is 7.04. The monoisotopic (exact) mass is 486 g/mol. The van der Waals surface area contributed by atoms with Crippen molar-refractivity contribution in [2.45, 2.75) is 32.4 Å². The van der Waals surface area contributed by atoms with E-state index in [1.54, 1.807) is 18.3 Å². The maximum absolute atomic E-state index is 13.8. The van der Waals surface area contributed by atoms with Crippen LogP contribution in [0.3, 0.4) is 0 Å². The lowest BCUT2D eigenvalue weighted by Crippen LogP contribution is -2.53. The van der Waals surface area contributed by atoms with Gasteiger partial charge in [0.05, 0.1) is 15.7 Å². The zero-order chi connectivity index (χ0) is 23.1. The molecule has 2 fully saturated rings. The fraction of sp³-hybridized carbons (Fsp3) is 0.375. The smallest absolute Gasteiger partial charge is 0.228 e. The highest BCUT2D eigenvalue weighted by atomic mass is 35.5. The number of aromatic nitrogens is 3. The predicted molar refractivity (Wildman–Crippen MR) is 132 cm³/mol. The van der Waals surface area contributed by atoms with Crippen LogP contribution in [0, 0.1) is 5.82 Å². The van der Waals surface area contributed by atoms with Crippen LogP contribution in [0.25, 0.3) is 11.3 Å². The average molecular weight is 487 g/mol. The molecule has 0 saturated carbocycles. The minimum absolute atomic E-state index is 0.0840. The summed E-state index contributed by atoms with van der Waals surface area (Å²) in [5.41, 5.74) is 1.50. The summed E-state index contributed by atoms with van der Waals surface area (Å²) in [5.74, 6) is 1.92. The molecule has 9 heteroatoms. The maximum Gasteiger partial charge on any atom is 0.228 e. The van der Waals surface area contributed by atoms with Crippen molar-refractivity contribution in [2.24, 2.45) is 0 Å². The molecule has 1 aromatic carbocycles. The van der Waals surface area contributed by atoms with Crippen molar-refractivity contribution in [3.05, 3.63) is 58.5 Å². The van der Waals surface area contributed by atoms with Gasteiger partial charge in [0, 0.05) is 56.1 Å². The van der Waals surface area contributed by atoms with E-state index in [9.17, 15) is 4.39 Å². The largest absolute Gasteiger partial charge is 0.352 e. The first kappa shape index (κ1) is 22.2. The van der Waals surface area contributed by atoms with Crippen molar-refractivity contribution in [3.8, 4) is 11.3 Å². The summed E-state index contributed by atoms with van der Waals surface area (Å²) in [7, 11) is 0. The topological polar surface area (TPSA) is 48.4 Å². The van der Waals surface area contributed by atoms with Crippen LogP contribution in [-0.2, 0) is 0 Å². The highest BCUT2D eigenvalue weighted by molar-refractivity contribution is 6.33. The molecule has 5 rings (SSSR count). The van der Waals surface area contributed by atoms with Gasteiger partial charge in [-0.25, -0.2) is 14.4 Å². The van der Waals surface area contributed by atoms with Crippen molar-refractivity contribution < 1.29 is 4.39 Å². The Balaban J connectivity index is 1.47. The Kier molecular flexibility index (Phi) is 6.01. The van der Waals surface area contributed by atoms with Gasteiger partial charge < -0.3 is 14.7 Å². The van der Waals surface area contributed by atoms with E-state index in [4.69, 9.17) is 33.2 Å². The second-order valence-electron chi connectivity index (χ2n) is 8.67. The Morgan fingerprint density at radius 1 is 0.939 bits per heavy atom. The fourth-order valence-electron chi connectivity index (χ4n) is 4.41. The summed E-state index contributed by atoms with van der Waals surface area (Å²) in [6, 6.07) is 11.0. The van der Waals surface area contributed by atoms with Crippen molar-refractivity contribution in [2.75, 3.05) is 40.9 Å². The maximum atomic E-state index is 13.8. The first-order valence-corrected chi connectivity index (χ1v) is 11.9. The minimum Gasteiger partial charge on any atom is -0.352 e. The Morgan fingerprint density at radius 2 is 1.79 bits per heavy atom. The highest BCUT2D eigenvalue weighted by Gasteiger charge is 2.30. The summed E-state index contributed by atoms with van der Waals surface area (Å²) >= 11 is 12.4. The zero-order valence-corrected chi connectivity index (χ0v) is 20.1. The molecule has 2 aliphatic rings. The Labute approximate surface area is 203 Å². The molecule has 1 unspecified atom stereocenters. The van der Waals surface area contributed by atoms with E-state index in [0.717, 1.165) is 55.5 Å². The molecule has 4 heterocycles. The Hall–Kier alpha value is -2.64. The third-order valence-electron chi connectivity index (χ3n) is 6.45. The van der Waals surface area contributed by atoms with E-state index < -0.39 is 5.82 Å². The standard InChI is InChI=1S/C24H25Cl2FN6/c1-15-7-9-33(15)24-29-21(17-5-6-20(27)19(26)12-17)13-22(30-24)32-11-10-31(14-16(32)2)23-18(25)4-3-8-28-23/h3-6,8,12-13,15-16H,7,9-11,14H2,1-2H3/t15?,16-/m1/s1. The van der Waals surface area contributed by atoms with Gasteiger partial charge in [-0.15, -0.1) is 0 Å². The molecule has 6 nitrogen and oxygen atoms in total. The molecule has 2 saturated heterocycles. The van der Waals surface area contributed by atoms with Crippen LogP contribution in [-0.4, -0.2) is 53.2 Å². The average Bonchev–Trinajstić information content (AvgIpc) is 2.80. The molecule has 0 aliphatic carbocycles. The molecule has 2 aromatic heterocycles. The normalized spacial score (nSPS) is 20.7. The van der Waals surface area contributed by atoms with E-state index in [1.165, 1.54) is 6.07 Å². The van der Waals surface area contributed by atoms with Gasteiger partial charge in [-0.2, -0.15) is 4.98 Å². The molecular formula is C24H25Cl2FN6. The molecule has 0 bridgehead atoms. The second-order valence-corrected chi connectivity index (χ2v) is 9.48. The van der Waals surface area contributed by atoms with Crippen LogP contribution in [0.2, 0.25) is 10.0 Å². The molecule has 3 aromatic rings. The highest BCUT2D eigenvalue weighted by Crippen LogP contribution is 2.33. The lowest BCUT2D eigenvalue weighted by molar-refractivity contribution is 0.469. The van der Waals surface area contributed by atoms with Gasteiger partial charge in [-0.1, -0.05) is 23.2 Å². The van der Waals surface area contributed by atoms with Gasteiger partial charge in [0.1, 0.15) is 17.5 Å². The van der Waals surface area contributed by atoms with E-state index in [0.29, 0.717) is 17.0 Å². The van der Waals surface area contributed by atoms with E-state index in [2.05, 4.69) is 33.5 Å². The third kappa shape index (κ3) is 4.32. The van der Waals surface area contributed by atoms with Crippen molar-refractivity contribution in [1.29, 1.82) is 0 Å². The molecule has 0 N–H and O–H groups in total. The first-order chi connectivity index (χ1) is 15.9. The van der Waals surface area contributed by atoms with Crippen LogP contribution < -0.4 is 14.7 Å². The number of nitrogens with zero attached hydrogens (tertiary/aromatic N) is 6. The molecule has 2 aliphatic heterocycles. The fourth-order valence-corrected chi connectivity index (χ4v) is 4.84. The number of benzene rings is 1. The van der Waals surface area contributed by atoms with Gasteiger partial charge in [-0.3, -0.25) is 0 Å². The SMILES string of the molecule is CC1CCN1c1nc(-c2ccc(F)c(Cl)c2)cc(N2CCN(c3ncccc3Cl)C[C@H]2C)n1. The van der Waals surface area contributed by atoms with Crippen LogP contribution in [0.1, 0.15) is 20.3 Å². The minimum atomic E-state index is -0.441. The van der Waals surface area contributed by atoms with E-state index in [1.807, 2.05) is 18.2 Å². The van der Waals surface area contributed by atoms with Gasteiger partial charge in [-0.05, 0) is 50.6 Å². The van der Waals surface area contributed by atoms with Crippen molar-refractivity contribution >= 4 is 40.8 Å². The van der Waals surface area contributed by atoms with Crippen LogP contribution in [0.4, 0.5) is 22.0 Å². The molecule has 172 valence electrons. The number of hydrogen-bond acceptors (Lipinski definition) is 6. The molecule has 2 atom stereocenters. The lowest BCUT2D eigenvalue weighted by Gasteiger charge is -2.42. The Bertz CT molecular complexity index is 1180. The number of piperazine rings is 1. The van der Waals surface area contributed by atoms with Crippen molar-refractivity contribution in [1.82, 2.24) is 15.0 Å². The molecule has 0 radical (unpaired) electrons. The second kappa shape index (κ2) is 8.95. The first-order valence-electron chi connectivity index (χ1n) is 11.1. The number of pyridine rings is 1. The summed E-state index contributed by atoms with van der Waals surface area (Å²) in [6.45, 7) is 7.59.